The lowest BCUT2D eigenvalue weighted by Gasteiger charge is -2.11. The number of rotatable bonds is 3. The minimum Gasteiger partial charge on any atom is -0.358 e. The number of para-hydroxylation sites is 1. The van der Waals surface area contributed by atoms with Crippen LogP contribution in [-0.2, 0) is 6.54 Å². The molecule has 0 aromatic heterocycles. The van der Waals surface area contributed by atoms with E-state index in [2.05, 4.69) is 10.6 Å². The van der Waals surface area contributed by atoms with Gasteiger partial charge in [-0.05, 0) is 36.8 Å². The Morgan fingerprint density at radius 1 is 1.11 bits per heavy atom. The molecule has 0 heterocycles. The van der Waals surface area contributed by atoms with Crippen LogP contribution in [0.1, 0.15) is 11.1 Å². The number of hydrogen-bond donors (Lipinski definition) is 2. The summed E-state index contributed by atoms with van der Waals surface area (Å²) < 4.78 is 13.4. The number of hydrogen-bond acceptors (Lipinski definition) is 1. The molecule has 0 spiro atoms. The van der Waals surface area contributed by atoms with Gasteiger partial charge in [-0.3, -0.25) is 0 Å². The number of nitrogens with one attached hydrogen (secondary N) is 2. The van der Waals surface area contributed by atoms with Crippen LogP contribution in [0.3, 0.4) is 0 Å². The van der Waals surface area contributed by atoms with Gasteiger partial charge in [-0.25, -0.2) is 4.39 Å². The summed E-state index contributed by atoms with van der Waals surface area (Å²) in [6, 6.07) is 14.6. The highest BCUT2D eigenvalue weighted by Crippen LogP contribution is 2.12. The normalized spacial score (nSPS) is 10.0. The molecule has 2 aromatic carbocycles. The smallest absolute Gasteiger partial charge is 0.171 e. The Balaban J connectivity index is 1.88. The second kappa shape index (κ2) is 6.29. The molecule has 2 nitrogen and oxygen atoms in total. The lowest BCUT2D eigenvalue weighted by Crippen LogP contribution is -2.28. The van der Waals surface area contributed by atoms with Gasteiger partial charge in [-0.15, -0.1) is 0 Å². The third kappa shape index (κ3) is 4.03. The fraction of sp³-hybridized carbons (Fsp3) is 0.133. The van der Waals surface area contributed by atoms with E-state index in [0.29, 0.717) is 17.3 Å². The van der Waals surface area contributed by atoms with E-state index < -0.39 is 0 Å². The average Bonchev–Trinajstić information content (AvgIpc) is 2.41. The minimum absolute atomic E-state index is 0.318. The molecule has 0 saturated carbocycles. The van der Waals surface area contributed by atoms with Crippen LogP contribution in [0, 0.1) is 12.7 Å². The van der Waals surface area contributed by atoms with Crippen molar-refractivity contribution in [2.24, 2.45) is 0 Å². The van der Waals surface area contributed by atoms with Crippen LogP contribution in [0.4, 0.5) is 10.1 Å². The summed E-state index contributed by atoms with van der Waals surface area (Å²) in [6.07, 6.45) is 0. The molecule has 0 bridgehead atoms. The third-order valence-corrected chi connectivity index (χ3v) is 2.94. The van der Waals surface area contributed by atoms with E-state index in [1.807, 2.05) is 31.2 Å². The fourth-order valence-corrected chi connectivity index (χ4v) is 1.80. The summed E-state index contributed by atoms with van der Waals surface area (Å²) in [5, 5.41) is 6.29. The Morgan fingerprint density at radius 2 is 1.79 bits per heavy atom. The lowest BCUT2D eigenvalue weighted by molar-refractivity contribution is 0.632. The van der Waals surface area contributed by atoms with Crippen molar-refractivity contribution in [3.8, 4) is 0 Å². The molecule has 0 saturated heterocycles. The first kappa shape index (κ1) is 13.5. The van der Waals surface area contributed by atoms with E-state index in [9.17, 15) is 4.39 Å². The Hall–Kier alpha value is -1.94. The van der Waals surface area contributed by atoms with Crippen LogP contribution in [0.5, 0.6) is 0 Å². The molecule has 0 amide bonds. The van der Waals surface area contributed by atoms with Gasteiger partial charge in [-0.1, -0.05) is 42.0 Å². The number of anilines is 1. The molecule has 2 rings (SSSR count). The van der Waals surface area contributed by atoms with Crippen LogP contribution in [0.2, 0.25) is 0 Å². The van der Waals surface area contributed by atoms with Crippen LogP contribution >= 0.6 is 12.2 Å². The Bertz CT molecular complexity index is 567. The first-order valence-electron chi connectivity index (χ1n) is 6.00. The average molecular weight is 274 g/mol. The first-order chi connectivity index (χ1) is 9.15. The Morgan fingerprint density at radius 3 is 2.47 bits per heavy atom. The van der Waals surface area contributed by atoms with Gasteiger partial charge in [0.1, 0.15) is 5.82 Å². The predicted molar refractivity (Wildman–Crippen MR) is 80.6 cm³/mol. The van der Waals surface area contributed by atoms with Gasteiger partial charge in [0, 0.05) is 6.54 Å². The van der Waals surface area contributed by atoms with E-state index in [4.69, 9.17) is 12.2 Å². The zero-order chi connectivity index (χ0) is 13.7. The zero-order valence-corrected chi connectivity index (χ0v) is 11.4. The highest BCUT2D eigenvalue weighted by atomic mass is 32.1. The molecule has 0 aliphatic carbocycles. The summed E-state index contributed by atoms with van der Waals surface area (Å²) in [7, 11) is 0. The van der Waals surface area contributed by atoms with Crippen LogP contribution < -0.4 is 10.6 Å². The molecule has 0 unspecified atom stereocenters. The Labute approximate surface area is 117 Å². The maximum atomic E-state index is 13.4. The number of thiocarbonyl (C=S) groups is 1. The maximum absolute atomic E-state index is 13.4. The molecule has 0 atom stereocenters. The molecule has 19 heavy (non-hydrogen) atoms. The van der Waals surface area contributed by atoms with Crippen LogP contribution in [0.15, 0.2) is 48.5 Å². The SMILES string of the molecule is Cc1ccc(CNC(=S)Nc2ccccc2F)cc1. The maximum Gasteiger partial charge on any atom is 0.171 e. The molecule has 4 heteroatoms. The number of aryl methyl sites for hydroxylation is 1. The van der Waals surface area contributed by atoms with Crippen molar-refractivity contribution in [1.82, 2.24) is 5.32 Å². The van der Waals surface area contributed by atoms with Crippen molar-refractivity contribution in [3.63, 3.8) is 0 Å². The fourth-order valence-electron chi connectivity index (χ4n) is 1.62. The summed E-state index contributed by atoms with van der Waals surface area (Å²) in [5.41, 5.74) is 2.72. The zero-order valence-electron chi connectivity index (χ0n) is 10.6. The topological polar surface area (TPSA) is 24.1 Å². The van der Waals surface area contributed by atoms with E-state index in [-0.39, 0.29) is 5.82 Å². The molecular formula is C15H15FN2S. The van der Waals surface area contributed by atoms with E-state index in [1.54, 1.807) is 18.2 Å². The molecule has 0 aliphatic rings. The largest absolute Gasteiger partial charge is 0.358 e. The van der Waals surface area contributed by atoms with Gasteiger partial charge >= 0.3 is 0 Å². The van der Waals surface area contributed by atoms with Crippen molar-refractivity contribution in [2.45, 2.75) is 13.5 Å². The van der Waals surface area contributed by atoms with Gasteiger partial charge in [0.05, 0.1) is 5.69 Å². The van der Waals surface area contributed by atoms with Gasteiger partial charge in [0.15, 0.2) is 5.11 Å². The highest BCUT2D eigenvalue weighted by molar-refractivity contribution is 7.80. The monoisotopic (exact) mass is 274 g/mol. The third-order valence-electron chi connectivity index (χ3n) is 2.70. The first-order valence-corrected chi connectivity index (χ1v) is 6.41. The quantitative estimate of drug-likeness (QED) is 0.836. The molecule has 2 N–H and O–H groups in total. The summed E-state index contributed by atoms with van der Waals surface area (Å²) >= 11 is 5.13. The van der Waals surface area contributed by atoms with E-state index >= 15 is 0 Å². The van der Waals surface area contributed by atoms with Crippen LogP contribution in [0.25, 0.3) is 0 Å². The van der Waals surface area contributed by atoms with Crippen molar-refractivity contribution in [2.75, 3.05) is 5.32 Å². The lowest BCUT2D eigenvalue weighted by atomic mass is 10.1. The van der Waals surface area contributed by atoms with Gasteiger partial charge in [0.2, 0.25) is 0 Å². The van der Waals surface area contributed by atoms with Crippen molar-refractivity contribution in [1.29, 1.82) is 0 Å². The highest BCUT2D eigenvalue weighted by Gasteiger charge is 2.02. The predicted octanol–water partition coefficient (Wildman–Crippen LogP) is 3.62. The van der Waals surface area contributed by atoms with Crippen molar-refractivity contribution >= 4 is 23.0 Å². The standard InChI is InChI=1S/C15H15FN2S/c1-11-6-8-12(9-7-11)10-17-15(19)18-14-5-3-2-4-13(14)16/h2-9H,10H2,1H3,(H2,17,18,19). The molecule has 0 aliphatic heterocycles. The van der Waals surface area contributed by atoms with Gasteiger partial charge in [0.25, 0.3) is 0 Å². The van der Waals surface area contributed by atoms with Crippen molar-refractivity contribution < 1.29 is 4.39 Å². The number of benzene rings is 2. The van der Waals surface area contributed by atoms with E-state index in [1.165, 1.54) is 11.6 Å². The molecular weight excluding hydrogens is 259 g/mol. The van der Waals surface area contributed by atoms with Crippen LogP contribution in [-0.4, -0.2) is 5.11 Å². The van der Waals surface area contributed by atoms with Gasteiger partial charge < -0.3 is 10.6 Å². The second-order valence-corrected chi connectivity index (χ2v) is 4.68. The number of halogens is 1. The van der Waals surface area contributed by atoms with Crippen molar-refractivity contribution in [3.05, 3.63) is 65.5 Å². The molecule has 0 fully saturated rings. The molecule has 2 aromatic rings. The summed E-state index contributed by atoms with van der Waals surface area (Å²) in [4.78, 5) is 0. The minimum atomic E-state index is -0.318. The summed E-state index contributed by atoms with van der Waals surface area (Å²) in [5.74, 6) is -0.318. The molecule has 98 valence electrons. The second-order valence-electron chi connectivity index (χ2n) is 4.27. The van der Waals surface area contributed by atoms with E-state index in [0.717, 1.165) is 5.56 Å². The Kier molecular flexibility index (Phi) is 4.47. The molecule has 0 radical (unpaired) electrons. The van der Waals surface area contributed by atoms with Gasteiger partial charge in [-0.2, -0.15) is 0 Å². The summed E-state index contributed by atoms with van der Waals surface area (Å²) in [6.45, 7) is 2.65.